The highest BCUT2D eigenvalue weighted by Gasteiger charge is 2.30. The van der Waals surface area contributed by atoms with Crippen LogP contribution < -0.4 is 0 Å². The molecular formula is C37H27N. The average Bonchev–Trinajstić information content (AvgIpc) is 3.38. The maximum Gasteiger partial charge on any atom is 0.0702 e. The Balaban J connectivity index is 1.57. The molecule has 38 heavy (non-hydrogen) atoms. The summed E-state index contributed by atoms with van der Waals surface area (Å²) in [7, 11) is 0. The Kier molecular flexibility index (Phi) is 5.48. The normalized spacial score (nSPS) is 11.7. The highest BCUT2D eigenvalue weighted by atomic mass is 14.7. The van der Waals surface area contributed by atoms with E-state index >= 15 is 0 Å². The molecule has 0 saturated heterocycles. The number of nitrogens with zero attached hydrogens (tertiary/aromatic N) is 1. The summed E-state index contributed by atoms with van der Waals surface area (Å²) in [5, 5.41) is 0. The fourth-order valence-electron chi connectivity index (χ4n) is 6.09. The maximum atomic E-state index is 4.96. The van der Waals surface area contributed by atoms with Crippen molar-refractivity contribution in [3.63, 3.8) is 0 Å². The molecule has 180 valence electrons. The lowest BCUT2D eigenvalue weighted by molar-refractivity contribution is 1.25. The average molecular weight is 486 g/mol. The summed E-state index contributed by atoms with van der Waals surface area (Å²) in [5.74, 6) is 0. The van der Waals surface area contributed by atoms with Crippen LogP contribution in [0.25, 0.3) is 55.8 Å². The number of aromatic nitrogens is 1. The second-order valence-electron chi connectivity index (χ2n) is 9.97. The predicted molar refractivity (Wildman–Crippen MR) is 159 cm³/mol. The zero-order chi connectivity index (χ0) is 25.5. The topological polar surface area (TPSA) is 12.9 Å². The molecule has 1 aliphatic carbocycles. The highest BCUT2D eigenvalue weighted by molar-refractivity contribution is 6.03. The molecule has 0 unspecified atom stereocenters. The minimum absolute atomic E-state index is 0.928. The van der Waals surface area contributed by atoms with Gasteiger partial charge in [0.15, 0.2) is 0 Å². The van der Waals surface area contributed by atoms with Crippen molar-refractivity contribution in [3.05, 3.63) is 150 Å². The smallest absolute Gasteiger partial charge is 0.0702 e. The van der Waals surface area contributed by atoms with E-state index < -0.39 is 0 Å². The molecule has 0 spiro atoms. The van der Waals surface area contributed by atoms with Crippen molar-refractivity contribution in [1.29, 1.82) is 0 Å². The van der Waals surface area contributed by atoms with E-state index in [1.807, 2.05) is 6.07 Å². The first-order valence-electron chi connectivity index (χ1n) is 13.2. The fraction of sp³-hybridized carbons (Fsp3) is 0.0541. The largest absolute Gasteiger partial charge is 0.256 e. The molecule has 0 saturated carbocycles. The van der Waals surface area contributed by atoms with Crippen LogP contribution in [0.2, 0.25) is 0 Å². The molecule has 0 amide bonds. The Morgan fingerprint density at radius 2 is 1.05 bits per heavy atom. The first-order valence-corrected chi connectivity index (χ1v) is 13.2. The van der Waals surface area contributed by atoms with Crippen molar-refractivity contribution < 1.29 is 0 Å². The van der Waals surface area contributed by atoms with Crippen molar-refractivity contribution in [2.24, 2.45) is 0 Å². The monoisotopic (exact) mass is 485 g/mol. The summed E-state index contributed by atoms with van der Waals surface area (Å²) >= 11 is 0. The second-order valence-corrected chi connectivity index (χ2v) is 9.97. The minimum Gasteiger partial charge on any atom is -0.256 e. The molecule has 0 aliphatic heterocycles. The van der Waals surface area contributed by atoms with E-state index in [0.29, 0.717) is 0 Å². The van der Waals surface area contributed by atoms with Gasteiger partial charge < -0.3 is 0 Å². The van der Waals surface area contributed by atoms with Crippen LogP contribution in [-0.4, -0.2) is 4.98 Å². The maximum absolute atomic E-state index is 4.96. The zero-order valence-corrected chi connectivity index (χ0v) is 21.4. The Hall–Kier alpha value is -4.75. The summed E-state index contributed by atoms with van der Waals surface area (Å²) < 4.78 is 0. The lowest BCUT2D eigenvalue weighted by atomic mass is 9.79. The van der Waals surface area contributed by atoms with Gasteiger partial charge in [0.2, 0.25) is 0 Å². The van der Waals surface area contributed by atoms with Crippen LogP contribution in [0.15, 0.2) is 134 Å². The van der Waals surface area contributed by atoms with Gasteiger partial charge in [-0.25, -0.2) is 0 Å². The second kappa shape index (κ2) is 9.28. The Labute approximate surface area is 224 Å². The lowest BCUT2D eigenvalue weighted by Gasteiger charge is -2.24. The van der Waals surface area contributed by atoms with Crippen LogP contribution >= 0.6 is 0 Å². The highest BCUT2D eigenvalue weighted by Crippen LogP contribution is 2.52. The van der Waals surface area contributed by atoms with Gasteiger partial charge in [0.1, 0.15) is 0 Å². The molecule has 1 aromatic heterocycles. The molecule has 0 N–H and O–H groups in total. The van der Waals surface area contributed by atoms with E-state index in [1.165, 1.54) is 55.6 Å². The number of pyridine rings is 1. The number of hydrogen-bond acceptors (Lipinski definition) is 1. The van der Waals surface area contributed by atoms with Crippen molar-refractivity contribution in [3.8, 4) is 55.8 Å². The first-order chi connectivity index (χ1) is 18.8. The summed E-state index contributed by atoms with van der Waals surface area (Å²) in [5.41, 5.74) is 16.5. The molecule has 1 nitrogen and oxygen atoms in total. The van der Waals surface area contributed by atoms with Gasteiger partial charge in [0, 0.05) is 17.3 Å². The third-order valence-corrected chi connectivity index (χ3v) is 7.75. The zero-order valence-electron chi connectivity index (χ0n) is 21.4. The summed E-state index contributed by atoms with van der Waals surface area (Å²) in [4.78, 5) is 4.96. The predicted octanol–water partition coefficient (Wildman–Crippen LogP) is 9.63. The van der Waals surface area contributed by atoms with Gasteiger partial charge in [-0.05, 0) is 75.0 Å². The molecule has 1 aliphatic rings. The van der Waals surface area contributed by atoms with Crippen molar-refractivity contribution in [2.45, 2.75) is 13.3 Å². The number of benzene rings is 5. The van der Waals surface area contributed by atoms with Crippen LogP contribution in [-0.2, 0) is 6.42 Å². The van der Waals surface area contributed by atoms with Gasteiger partial charge in [0.25, 0.3) is 0 Å². The molecule has 5 aromatic carbocycles. The molecule has 1 heterocycles. The van der Waals surface area contributed by atoms with Gasteiger partial charge in [0.05, 0.1) is 5.69 Å². The molecular weight excluding hydrogens is 458 g/mol. The van der Waals surface area contributed by atoms with Crippen LogP contribution in [0.4, 0.5) is 0 Å². The standard InChI is InChI=1S/C37H27N/c1-25-34(27-15-7-3-8-16-27)37(28-17-9-4-10-18-28)36(32-23-29-19-11-12-20-31(29)35(25)32)30-21-22-33(38-24-30)26-13-5-2-6-14-26/h2-22,24H,23H2,1H3. The van der Waals surface area contributed by atoms with E-state index in [0.717, 1.165) is 23.2 Å². The summed E-state index contributed by atoms with van der Waals surface area (Å²) in [6, 6.07) is 45.4. The van der Waals surface area contributed by atoms with E-state index in [4.69, 9.17) is 4.98 Å². The quantitative estimate of drug-likeness (QED) is 0.242. The van der Waals surface area contributed by atoms with Crippen molar-refractivity contribution in [1.82, 2.24) is 4.98 Å². The number of fused-ring (bicyclic) bond motifs is 3. The molecule has 0 atom stereocenters. The Morgan fingerprint density at radius 1 is 0.474 bits per heavy atom. The Morgan fingerprint density at radius 3 is 1.68 bits per heavy atom. The minimum atomic E-state index is 0.928. The molecule has 0 radical (unpaired) electrons. The first kappa shape index (κ1) is 22.4. The summed E-state index contributed by atoms with van der Waals surface area (Å²) in [6.07, 6.45) is 2.99. The van der Waals surface area contributed by atoms with Gasteiger partial charge in [-0.2, -0.15) is 0 Å². The lowest BCUT2D eigenvalue weighted by Crippen LogP contribution is -2.00. The molecule has 0 bridgehead atoms. The molecule has 6 aromatic rings. The van der Waals surface area contributed by atoms with E-state index in [1.54, 1.807) is 0 Å². The van der Waals surface area contributed by atoms with Crippen molar-refractivity contribution >= 4 is 0 Å². The number of hydrogen-bond donors (Lipinski definition) is 0. The van der Waals surface area contributed by atoms with Crippen LogP contribution in [0, 0.1) is 6.92 Å². The third kappa shape index (κ3) is 3.67. The molecule has 0 fully saturated rings. The Bertz CT molecular complexity index is 1750. The molecule has 7 rings (SSSR count). The van der Waals surface area contributed by atoms with E-state index in [9.17, 15) is 0 Å². The van der Waals surface area contributed by atoms with Gasteiger partial charge in [-0.3, -0.25) is 4.98 Å². The SMILES string of the molecule is Cc1c2c(c(-c3ccc(-c4ccccc4)nc3)c(-c3ccccc3)c1-c1ccccc1)Cc1ccccc1-2. The third-order valence-electron chi connectivity index (χ3n) is 7.75. The molecule has 1 heteroatoms. The van der Waals surface area contributed by atoms with E-state index in [-0.39, 0.29) is 0 Å². The van der Waals surface area contributed by atoms with Crippen molar-refractivity contribution in [2.75, 3.05) is 0 Å². The van der Waals surface area contributed by atoms with Gasteiger partial charge >= 0.3 is 0 Å². The summed E-state index contributed by atoms with van der Waals surface area (Å²) in [6.45, 7) is 2.30. The fourth-order valence-corrected chi connectivity index (χ4v) is 6.09. The van der Waals surface area contributed by atoms with Crippen LogP contribution in [0.3, 0.4) is 0 Å². The van der Waals surface area contributed by atoms with Gasteiger partial charge in [-0.1, -0.05) is 121 Å². The van der Waals surface area contributed by atoms with Gasteiger partial charge in [-0.15, -0.1) is 0 Å². The van der Waals surface area contributed by atoms with Crippen LogP contribution in [0.1, 0.15) is 16.7 Å². The number of rotatable bonds is 4. The van der Waals surface area contributed by atoms with Crippen LogP contribution in [0.5, 0.6) is 0 Å². The van der Waals surface area contributed by atoms with E-state index in [2.05, 4.69) is 134 Å².